The summed E-state index contributed by atoms with van der Waals surface area (Å²) in [6.45, 7) is 1.36. The minimum Gasteiger partial charge on any atom is -0.340 e. The number of pyridine rings is 1. The predicted molar refractivity (Wildman–Crippen MR) is 99.3 cm³/mol. The second kappa shape index (κ2) is 8.16. The van der Waals surface area contributed by atoms with E-state index in [4.69, 9.17) is 11.6 Å². The lowest BCUT2D eigenvalue weighted by Gasteiger charge is -2.34. The Morgan fingerprint density at radius 3 is 2.54 bits per heavy atom. The largest absolute Gasteiger partial charge is 0.340 e. The summed E-state index contributed by atoms with van der Waals surface area (Å²) < 4.78 is 26.8. The number of nitrogens with zero attached hydrogens (tertiary/aromatic N) is 3. The van der Waals surface area contributed by atoms with E-state index < -0.39 is 10.0 Å². The van der Waals surface area contributed by atoms with Crippen LogP contribution in [0.2, 0.25) is 5.02 Å². The molecule has 1 aliphatic heterocycles. The molecule has 138 valence electrons. The molecule has 26 heavy (non-hydrogen) atoms. The molecule has 2 heterocycles. The molecule has 0 saturated carbocycles. The summed E-state index contributed by atoms with van der Waals surface area (Å²) in [5.41, 5.74) is 1.02. The third kappa shape index (κ3) is 4.41. The van der Waals surface area contributed by atoms with Crippen LogP contribution < -0.4 is 0 Å². The van der Waals surface area contributed by atoms with E-state index in [-0.39, 0.29) is 23.9 Å². The summed E-state index contributed by atoms with van der Waals surface area (Å²) in [5.74, 6) is 0.0358. The van der Waals surface area contributed by atoms with Crippen LogP contribution in [0.5, 0.6) is 0 Å². The lowest BCUT2D eigenvalue weighted by atomic mass is 10.1. The first-order valence-corrected chi connectivity index (χ1v) is 10.2. The van der Waals surface area contributed by atoms with E-state index in [1.165, 1.54) is 16.4 Å². The molecular weight excluding hydrogens is 374 g/mol. The molecule has 0 unspecified atom stereocenters. The van der Waals surface area contributed by atoms with Gasteiger partial charge in [-0.3, -0.25) is 9.78 Å². The molecule has 1 aromatic heterocycles. The van der Waals surface area contributed by atoms with Gasteiger partial charge in [-0.2, -0.15) is 4.31 Å². The minimum atomic E-state index is -3.59. The van der Waals surface area contributed by atoms with Crippen molar-refractivity contribution < 1.29 is 13.2 Å². The lowest BCUT2D eigenvalue weighted by molar-refractivity contribution is -0.132. The van der Waals surface area contributed by atoms with Crippen LogP contribution >= 0.6 is 11.6 Å². The monoisotopic (exact) mass is 393 g/mol. The molecule has 8 heteroatoms. The first-order chi connectivity index (χ1) is 12.5. The summed E-state index contributed by atoms with van der Waals surface area (Å²) in [6.07, 6.45) is 4.48. The highest BCUT2D eigenvalue weighted by Crippen LogP contribution is 2.21. The van der Waals surface area contributed by atoms with Gasteiger partial charge in [-0.15, -0.1) is 0 Å². The third-order valence-electron chi connectivity index (χ3n) is 4.38. The molecule has 3 rings (SSSR count). The van der Waals surface area contributed by atoms with Gasteiger partial charge < -0.3 is 4.90 Å². The Bertz CT molecular complexity index is 866. The van der Waals surface area contributed by atoms with Crippen LogP contribution in [-0.4, -0.2) is 54.7 Å². The number of aryl methyl sites for hydroxylation is 1. The van der Waals surface area contributed by atoms with Gasteiger partial charge in [0.15, 0.2) is 0 Å². The molecule has 1 saturated heterocycles. The summed E-state index contributed by atoms with van der Waals surface area (Å²) in [5, 5.41) is 0.385. The summed E-state index contributed by atoms with van der Waals surface area (Å²) >= 11 is 5.90. The molecule has 0 spiro atoms. The van der Waals surface area contributed by atoms with Gasteiger partial charge in [-0.25, -0.2) is 8.42 Å². The Hall–Kier alpha value is -1.96. The normalized spacial score (nSPS) is 15.8. The zero-order chi connectivity index (χ0) is 18.6. The molecule has 6 nitrogen and oxygen atoms in total. The number of carbonyl (C=O) groups is 1. The highest BCUT2D eigenvalue weighted by molar-refractivity contribution is 7.89. The number of halogens is 1. The fourth-order valence-electron chi connectivity index (χ4n) is 2.91. The van der Waals surface area contributed by atoms with Crippen molar-refractivity contribution in [3.63, 3.8) is 0 Å². The Balaban J connectivity index is 1.56. The Morgan fingerprint density at radius 2 is 1.88 bits per heavy atom. The van der Waals surface area contributed by atoms with Gasteiger partial charge in [-0.1, -0.05) is 23.7 Å². The standard InChI is InChI=1S/C18H20ClN3O3S/c19-16-4-1-5-17(13-16)26(24,25)22-11-9-21(10-12-22)18(23)7-6-15-3-2-8-20-14-15/h1-5,8,13-14H,6-7,9-12H2. The van der Waals surface area contributed by atoms with Gasteiger partial charge >= 0.3 is 0 Å². The van der Waals surface area contributed by atoms with Crippen molar-refractivity contribution in [1.29, 1.82) is 0 Å². The quantitative estimate of drug-likeness (QED) is 0.780. The van der Waals surface area contributed by atoms with Crippen molar-refractivity contribution in [3.05, 3.63) is 59.4 Å². The van der Waals surface area contributed by atoms with E-state index in [0.29, 0.717) is 31.0 Å². The van der Waals surface area contributed by atoms with E-state index in [1.54, 1.807) is 29.4 Å². The summed E-state index contributed by atoms with van der Waals surface area (Å²) in [4.78, 5) is 18.3. The number of hydrogen-bond donors (Lipinski definition) is 0. The van der Waals surface area contributed by atoms with Gasteiger partial charge in [0.25, 0.3) is 0 Å². The van der Waals surface area contributed by atoms with E-state index in [1.807, 2.05) is 12.1 Å². The summed E-state index contributed by atoms with van der Waals surface area (Å²) in [7, 11) is -3.59. The predicted octanol–water partition coefficient (Wildman–Crippen LogP) is 2.20. The first kappa shape index (κ1) is 18.8. The Morgan fingerprint density at radius 1 is 1.12 bits per heavy atom. The van der Waals surface area contributed by atoms with E-state index >= 15 is 0 Å². The molecule has 1 fully saturated rings. The van der Waals surface area contributed by atoms with Gasteiger partial charge in [0, 0.05) is 50.0 Å². The molecule has 0 aliphatic carbocycles. The number of benzene rings is 1. The van der Waals surface area contributed by atoms with E-state index in [9.17, 15) is 13.2 Å². The zero-order valence-corrected chi connectivity index (χ0v) is 15.8. The maximum absolute atomic E-state index is 12.7. The van der Waals surface area contributed by atoms with Crippen molar-refractivity contribution >= 4 is 27.5 Å². The fraction of sp³-hybridized carbons (Fsp3) is 0.333. The van der Waals surface area contributed by atoms with Crippen molar-refractivity contribution in [1.82, 2.24) is 14.2 Å². The number of sulfonamides is 1. The van der Waals surface area contributed by atoms with Crippen molar-refractivity contribution in [2.24, 2.45) is 0 Å². The van der Waals surface area contributed by atoms with Crippen LogP contribution in [0.1, 0.15) is 12.0 Å². The molecule has 1 aliphatic rings. The number of piperazine rings is 1. The molecular formula is C18H20ClN3O3S. The van der Waals surface area contributed by atoms with Gasteiger partial charge in [-0.05, 0) is 36.2 Å². The SMILES string of the molecule is O=C(CCc1cccnc1)N1CCN(S(=O)(=O)c2cccc(Cl)c2)CC1. The van der Waals surface area contributed by atoms with E-state index in [2.05, 4.69) is 4.98 Å². The first-order valence-electron chi connectivity index (χ1n) is 8.39. The minimum absolute atomic E-state index is 0.0358. The maximum atomic E-state index is 12.7. The number of rotatable bonds is 5. The second-order valence-electron chi connectivity index (χ2n) is 6.10. The van der Waals surface area contributed by atoms with Crippen LogP contribution in [0.4, 0.5) is 0 Å². The molecule has 2 aromatic rings. The molecule has 1 aromatic carbocycles. The zero-order valence-electron chi connectivity index (χ0n) is 14.2. The van der Waals surface area contributed by atoms with Gasteiger partial charge in [0.2, 0.25) is 15.9 Å². The fourth-order valence-corrected chi connectivity index (χ4v) is 4.63. The second-order valence-corrected chi connectivity index (χ2v) is 8.48. The average Bonchev–Trinajstić information content (AvgIpc) is 2.67. The highest BCUT2D eigenvalue weighted by atomic mass is 35.5. The van der Waals surface area contributed by atoms with Crippen molar-refractivity contribution in [3.8, 4) is 0 Å². The van der Waals surface area contributed by atoms with Crippen molar-refractivity contribution in [2.45, 2.75) is 17.7 Å². The van der Waals surface area contributed by atoms with E-state index in [0.717, 1.165) is 5.56 Å². The van der Waals surface area contributed by atoms with Crippen LogP contribution in [0, 0.1) is 0 Å². The maximum Gasteiger partial charge on any atom is 0.243 e. The number of amides is 1. The molecule has 1 amide bonds. The van der Waals surface area contributed by atoms with Crippen LogP contribution in [0.25, 0.3) is 0 Å². The molecule has 0 atom stereocenters. The van der Waals surface area contributed by atoms with Gasteiger partial charge in [0.1, 0.15) is 0 Å². The Kier molecular flexibility index (Phi) is 5.90. The lowest BCUT2D eigenvalue weighted by Crippen LogP contribution is -2.50. The highest BCUT2D eigenvalue weighted by Gasteiger charge is 2.30. The third-order valence-corrected chi connectivity index (χ3v) is 6.51. The topological polar surface area (TPSA) is 70.6 Å². The smallest absolute Gasteiger partial charge is 0.243 e. The number of hydrogen-bond acceptors (Lipinski definition) is 4. The van der Waals surface area contributed by atoms with Crippen LogP contribution in [-0.2, 0) is 21.2 Å². The van der Waals surface area contributed by atoms with Gasteiger partial charge in [0.05, 0.1) is 4.90 Å². The number of aromatic nitrogens is 1. The summed E-state index contributed by atoms with van der Waals surface area (Å²) in [6, 6.07) is 10.0. The van der Waals surface area contributed by atoms with Crippen molar-refractivity contribution in [2.75, 3.05) is 26.2 Å². The Labute approximate surface area is 158 Å². The molecule has 0 bridgehead atoms. The number of carbonyl (C=O) groups excluding carboxylic acids is 1. The average molecular weight is 394 g/mol. The van der Waals surface area contributed by atoms with Crippen LogP contribution in [0.3, 0.4) is 0 Å². The molecule has 0 radical (unpaired) electrons. The van der Waals surface area contributed by atoms with Crippen LogP contribution in [0.15, 0.2) is 53.7 Å². The molecule has 0 N–H and O–H groups in total.